The third-order valence-electron chi connectivity index (χ3n) is 2.28. The van der Waals surface area contributed by atoms with Gasteiger partial charge in [0.15, 0.2) is 0 Å². The van der Waals surface area contributed by atoms with E-state index in [2.05, 4.69) is 10.3 Å². The van der Waals surface area contributed by atoms with E-state index in [4.69, 9.17) is 5.73 Å². The number of hydrogen-bond donors (Lipinski definition) is 2. The van der Waals surface area contributed by atoms with E-state index >= 15 is 0 Å². The number of anilines is 1. The van der Waals surface area contributed by atoms with Crippen molar-refractivity contribution in [3.8, 4) is 0 Å². The largest absolute Gasteiger partial charge is 0.399 e. The number of aromatic nitrogens is 1. The summed E-state index contributed by atoms with van der Waals surface area (Å²) in [5, 5.41) is 4.50. The minimum absolute atomic E-state index is 0.807. The van der Waals surface area contributed by atoms with Crippen LogP contribution in [-0.4, -0.2) is 4.98 Å². The highest BCUT2D eigenvalue weighted by atomic mass is 32.1. The zero-order chi connectivity index (χ0) is 11.4. The van der Waals surface area contributed by atoms with E-state index in [0.29, 0.717) is 0 Å². The average Bonchev–Trinajstić information content (AvgIpc) is 2.67. The number of benzene rings is 1. The summed E-state index contributed by atoms with van der Waals surface area (Å²) in [6.45, 7) is 3.75. The predicted molar refractivity (Wildman–Crippen MR) is 68.2 cm³/mol. The molecule has 0 aliphatic heterocycles. The van der Waals surface area contributed by atoms with Gasteiger partial charge in [-0.3, -0.25) is 0 Å². The van der Waals surface area contributed by atoms with Gasteiger partial charge in [-0.25, -0.2) is 4.98 Å². The van der Waals surface area contributed by atoms with Crippen molar-refractivity contribution < 1.29 is 0 Å². The second-order valence-corrected chi connectivity index (χ2v) is 5.01. The third-order valence-corrected chi connectivity index (χ3v) is 3.19. The molecule has 0 saturated carbocycles. The lowest BCUT2D eigenvalue weighted by Crippen LogP contribution is -2.11. The van der Waals surface area contributed by atoms with E-state index in [-0.39, 0.29) is 0 Å². The van der Waals surface area contributed by atoms with Gasteiger partial charge >= 0.3 is 0 Å². The highest BCUT2D eigenvalue weighted by Crippen LogP contribution is 2.11. The molecule has 3 N–H and O–H groups in total. The average molecular weight is 233 g/mol. The van der Waals surface area contributed by atoms with Crippen LogP contribution in [0.5, 0.6) is 0 Å². The Hall–Kier alpha value is -1.39. The molecule has 1 aromatic carbocycles. The number of nitrogens with zero attached hydrogens (tertiary/aromatic N) is 1. The first kappa shape index (κ1) is 11.1. The van der Waals surface area contributed by atoms with Gasteiger partial charge in [-0.05, 0) is 24.6 Å². The van der Waals surface area contributed by atoms with Crippen LogP contribution < -0.4 is 11.1 Å². The van der Waals surface area contributed by atoms with Gasteiger partial charge in [-0.1, -0.05) is 12.1 Å². The van der Waals surface area contributed by atoms with E-state index in [1.165, 1.54) is 10.4 Å². The molecule has 16 heavy (non-hydrogen) atoms. The van der Waals surface area contributed by atoms with Crippen LogP contribution in [0, 0.1) is 6.92 Å². The second-order valence-electron chi connectivity index (χ2n) is 3.69. The molecule has 0 amide bonds. The molecule has 0 spiro atoms. The molecule has 0 aliphatic rings. The van der Waals surface area contributed by atoms with Crippen molar-refractivity contribution in [2.24, 2.45) is 0 Å². The molecule has 3 nitrogen and oxygen atoms in total. The normalized spacial score (nSPS) is 10.6. The summed E-state index contributed by atoms with van der Waals surface area (Å²) in [6, 6.07) is 7.93. The molecule has 4 heteroatoms. The zero-order valence-electron chi connectivity index (χ0n) is 9.23. The number of aryl methyl sites for hydroxylation is 1. The third kappa shape index (κ3) is 3.05. The van der Waals surface area contributed by atoms with Crippen LogP contribution in [0.25, 0.3) is 0 Å². The van der Waals surface area contributed by atoms with E-state index in [1.807, 2.05) is 37.4 Å². The van der Waals surface area contributed by atoms with Crippen LogP contribution in [-0.2, 0) is 13.1 Å². The summed E-state index contributed by atoms with van der Waals surface area (Å²) < 4.78 is 0. The number of thiazole rings is 1. The molecule has 1 heterocycles. The number of hydrogen-bond acceptors (Lipinski definition) is 4. The Bertz CT molecular complexity index is 448. The number of nitrogens with one attached hydrogen (secondary N) is 1. The summed E-state index contributed by atoms with van der Waals surface area (Å²) in [4.78, 5) is 5.49. The fourth-order valence-corrected chi connectivity index (χ4v) is 2.22. The van der Waals surface area contributed by atoms with Gasteiger partial charge in [0.05, 0.1) is 5.01 Å². The van der Waals surface area contributed by atoms with Gasteiger partial charge in [0.1, 0.15) is 0 Å². The maximum absolute atomic E-state index is 5.62. The molecule has 2 aromatic rings. The molecule has 0 saturated heterocycles. The van der Waals surface area contributed by atoms with Crippen molar-refractivity contribution in [2.75, 3.05) is 5.73 Å². The summed E-state index contributed by atoms with van der Waals surface area (Å²) in [7, 11) is 0. The van der Waals surface area contributed by atoms with Crippen molar-refractivity contribution in [3.63, 3.8) is 0 Å². The van der Waals surface area contributed by atoms with Crippen LogP contribution in [0.4, 0.5) is 5.69 Å². The maximum Gasteiger partial charge on any atom is 0.0897 e. The van der Waals surface area contributed by atoms with Crippen LogP contribution in [0.15, 0.2) is 30.5 Å². The summed E-state index contributed by atoms with van der Waals surface area (Å²) >= 11 is 1.73. The number of nitrogens with two attached hydrogens (primary N) is 1. The van der Waals surface area contributed by atoms with E-state index in [9.17, 15) is 0 Å². The summed E-state index contributed by atoms with van der Waals surface area (Å²) in [6.07, 6.45) is 1.93. The van der Waals surface area contributed by atoms with Gasteiger partial charge < -0.3 is 11.1 Å². The Balaban J connectivity index is 1.82. The molecular formula is C12H15N3S. The molecule has 0 radical (unpaired) electrons. The van der Waals surface area contributed by atoms with Crippen molar-refractivity contribution in [2.45, 2.75) is 20.0 Å². The van der Waals surface area contributed by atoms with Crippen molar-refractivity contribution in [1.29, 1.82) is 0 Å². The molecule has 0 bridgehead atoms. The van der Waals surface area contributed by atoms with Crippen LogP contribution in [0.1, 0.15) is 15.4 Å². The molecule has 0 unspecified atom stereocenters. The van der Waals surface area contributed by atoms with Gasteiger partial charge in [0.25, 0.3) is 0 Å². The smallest absolute Gasteiger partial charge is 0.0897 e. The summed E-state index contributed by atoms with van der Waals surface area (Å²) in [5.74, 6) is 0. The van der Waals surface area contributed by atoms with Gasteiger partial charge in [0.2, 0.25) is 0 Å². The van der Waals surface area contributed by atoms with Crippen LogP contribution >= 0.6 is 11.3 Å². The first-order valence-electron chi connectivity index (χ1n) is 5.20. The minimum atomic E-state index is 0.807. The quantitative estimate of drug-likeness (QED) is 0.797. The molecular weight excluding hydrogens is 218 g/mol. The van der Waals surface area contributed by atoms with Crippen molar-refractivity contribution >= 4 is 17.0 Å². The zero-order valence-corrected chi connectivity index (χ0v) is 10.1. The topological polar surface area (TPSA) is 50.9 Å². The highest BCUT2D eigenvalue weighted by molar-refractivity contribution is 7.11. The fourth-order valence-electron chi connectivity index (χ4n) is 1.45. The number of nitrogen functional groups attached to an aromatic ring is 1. The SMILES string of the molecule is Cc1ncc(CNCc2ccc(N)cc2)s1. The molecule has 0 aliphatic carbocycles. The Morgan fingerprint density at radius 3 is 2.62 bits per heavy atom. The molecule has 2 rings (SSSR count). The van der Waals surface area contributed by atoms with Crippen LogP contribution in [0.3, 0.4) is 0 Å². The summed E-state index contributed by atoms with van der Waals surface area (Å²) in [5.41, 5.74) is 7.68. The van der Waals surface area contributed by atoms with Crippen molar-refractivity contribution in [1.82, 2.24) is 10.3 Å². The monoisotopic (exact) mass is 233 g/mol. The first-order valence-corrected chi connectivity index (χ1v) is 6.02. The molecule has 84 valence electrons. The fraction of sp³-hybridized carbons (Fsp3) is 0.250. The minimum Gasteiger partial charge on any atom is -0.399 e. The van der Waals surface area contributed by atoms with E-state index in [1.54, 1.807) is 11.3 Å². The lowest BCUT2D eigenvalue weighted by Gasteiger charge is -2.03. The van der Waals surface area contributed by atoms with Gasteiger partial charge in [-0.15, -0.1) is 11.3 Å². The Morgan fingerprint density at radius 2 is 2.00 bits per heavy atom. The first-order chi connectivity index (χ1) is 7.74. The Kier molecular flexibility index (Phi) is 3.54. The van der Waals surface area contributed by atoms with Crippen molar-refractivity contribution in [3.05, 3.63) is 45.9 Å². The Morgan fingerprint density at radius 1 is 1.25 bits per heavy atom. The van der Waals surface area contributed by atoms with Crippen LogP contribution in [0.2, 0.25) is 0 Å². The van der Waals surface area contributed by atoms with Gasteiger partial charge in [-0.2, -0.15) is 0 Å². The number of rotatable bonds is 4. The van der Waals surface area contributed by atoms with E-state index < -0.39 is 0 Å². The predicted octanol–water partition coefficient (Wildman–Crippen LogP) is 2.32. The Labute approximate surface area is 99.3 Å². The maximum atomic E-state index is 5.62. The highest BCUT2D eigenvalue weighted by Gasteiger charge is 1.97. The second kappa shape index (κ2) is 5.09. The lowest BCUT2D eigenvalue weighted by molar-refractivity contribution is 0.700. The standard InChI is InChI=1S/C12H15N3S/c1-9-15-8-12(16-9)7-14-6-10-2-4-11(13)5-3-10/h2-5,8,14H,6-7,13H2,1H3. The lowest BCUT2D eigenvalue weighted by atomic mass is 10.2. The van der Waals surface area contributed by atoms with E-state index in [0.717, 1.165) is 23.8 Å². The molecule has 0 fully saturated rings. The molecule has 1 aromatic heterocycles. The van der Waals surface area contributed by atoms with Gasteiger partial charge in [0, 0.05) is 29.9 Å². The molecule has 0 atom stereocenters.